The molecule has 0 spiro atoms. The van der Waals surface area contributed by atoms with E-state index in [4.69, 9.17) is 4.74 Å². The maximum atomic E-state index is 14.6. The first kappa shape index (κ1) is 19.8. The number of halogens is 1. The molecule has 32 heavy (non-hydrogen) atoms. The van der Waals surface area contributed by atoms with Gasteiger partial charge in [0, 0.05) is 24.8 Å². The summed E-state index contributed by atoms with van der Waals surface area (Å²) in [6.07, 6.45) is 1.52. The van der Waals surface area contributed by atoms with E-state index >= 15 is 0 Å². The van der Waals surface area contributed by atoms with E-state index < -0.39 is 5.82 Å². The highest BCUT2D eigenvalue weighted by molar-refractivity contribution is 6.04. The van der Waals surface area contributed by atoms with Gasteiger partial charge in [0.15, 0.2) is 0 Å². The molecular formula is C22H17FN6O3. The Labute approximate surface area is 182 Å². The maximum Gasteiger partial charge on any atom is 0.344 e. The van der Waals surface area contributed by atoms with E-state index in [1.165, 1.54) is 35.1 Å². The van der Waals surface area contributed by atoms with Gasteiger partial charge in [-0.05, 0) is 24.3 Å². The highest BCUT2D eigenvalue weighted by atomic mass is 19.1. The van der Waals surface area contributed by atoms with Crippen molar-refractivity contribution in [2.24, 2.45) is 0 Å². The molecule has 0 unspecified atom stereocenters. The molecule has 2 amide bonds. The van der Waals surface area contributed by atoms with Gasteiger partial charge < -0.3 is 15.0 Å². The molecule has 0 saturated carbocycles. The number of pyridine rings is 1. The Morgan fingerprint density at radius 3 is 2.78 bits per heavy atom. The fourth-order valence-corrected chi connectivity index (χ4v) is 3.91. The molecule has 9 nitrogen and oxygen atoms in total. The summed E-state index contributed by atoms with van der Waals surface area (Å²) in [4.78, 5) is 31.3. The van der Waals surface area contributed by atoms with Gasteiger partial charge in [-0.3, -0.25) is 4.79 Å². The molecule has 160 valence electrons. The highest BCUT2D eigenvalue weighted by Crippen LogP contribution is 2.34. The lowest BCUT2D eigenvalue weighted by molar-refractivity contribution is 0.0529. The predicted molar refractivity (Wildman–Crippen MR) is 110 cm³/mol. The average molecular weight is 432 g/mol. The molecule has 1 saturated heterocycles. The van der Waals surface area contributed by atoms with Crippen molar-refractivity contribution in [3.8, 4) is 28.6 Å². The van der Waals surface area contributed by atoms with E-state index in [0.717, 1.165) is 0 Å². The van der Waals surface area contributed by atoms with E-state index in [2.05, 4.69) is 15.4 Å². The van der Waals surface area contributed by atoms with Crippen LogP contribution in [0.2, 0.25) is 0 Å². The van der Waals surface area contributed by atoms with Crippen LogP contribution in [0.4, 0.5) is 9.18 Å². The van der Waals surface area contributed by atoms with Gasteiger partial charge in [0.1, 0.15) is 5.82 Å². The summed E-state index contributed by atoms with van der Waals surface area (Å²) in [5, 5.41) is 16.5. The van der Waals surface area contributed by atoms with Gasteiger partial charge in [0.2, 0.25) is 0 Å². The van der Waals surface area contributed by atoms with Gasteiger partial charge in [0.25, 0.3) is 5.91 Å². The predicted octanol–water partition coefficient (Wildman–Crippen LogP) is 2.17. The number of hydrogen-bond donors (Lipinski definition) is 1. The maximum absolute atomic E-state index is 14.6. The number of ether oxygens (including phenoxy) is 1. The third-order valence-corrected chi connectivity index (χ3v) is 5.47. The molecule has 1 aromatic carbocycles. The number of rotatable bonds is 2. The lowest BCUT2D eigenvalue weighted by Gasteiger charge is -2.26. The van der Waals surface area contributed by atoms with Gasteiger partial charge in [-0.25, -0.2) is 14.2 Å². The molecule has 3 aromatic rings. The molecule has 1 N–H and O–H groups in total. The van der Waals surface area contributed by atoms with E-state index in [1.807, 2.05) is 6.07 Å². The SMILES string of the molecule is N#Cc1cccc(F)c1-c1cc(-c2ccn(C(=O)N3CCOCC3)n2)c2c(n1)CNC2=O. The van der Waals surface area contributed by atoms with Gasteiger partial charge in [-0.15, -0.1) is 0 Å². The molecule has 10 heteroatoms. The first-order chi connectivity index (χ1) is 15.6. The molecule has 4 heterocycles. The number of carbonyl (C=O) groups excluding carboxylic acids is 2. The van der Waals surface area contributed by atoms with E-state index in [1.54, 1.807) is 11.0 Å². The van der Waals surface area contributed by atoms with E-state index in [9.17, 15) is 19.2 Å². The van der Waals surface area contributed by atoms with Crippen molar-refractivity contribution in [1.82, 2.24) is 25.0 Å². The highest BCUT2D eigenvalue weighted by Gasteiger charge is 2.29. The second-order valence-corrected chi connectivity index (χ2v) is 7.36. The minimum absolute atomic E-state index is 0.0576. The number of fused-ring (bicyclic) bond motifs is 1. The van der Waals surface area contributed by atoms with Crippen LogP contribution < -0.4 is 5.32 Å². The summed E-state index contributed by atoms with van der Waals surface area (Å²) >= 11 is 0. The van der Waals surface area contributed by atoms with Crippen molar-refractivity contribution in [1.29, 1.82) is 5.26 Å². The monoisotopic (exact) mass is 432 g/mol. The van der Waals surface area contributed by atoms with Gasteiger partial charge in [-0.2, -0.15) is 15.0 Å². The first-order valence-corrected chi connectivity index (χ1v) is 10.0. The number of nitrogens with one attached hydrogen (secondary N) is 1. The molecule has 2 aliphatic heterocycles. The standard InChI is InChI=1S/C22H17FN6O3/c23-15-3-1-2-13(11-24)19(15)17-10-14(20-18(26-17)12-25-21(20)30)16-4-5-29(27-16)22(31)28-6-8-32-9-7-28/h1-5,10H,6-9,12H2,(H,25,30). The Balaban J connectivity index is 1.61. The van der Waals surface area contributed by atoms with Gasteiger partial charge >= 0.3 is 6.03 Å². The molecule has 0 atom stereocenters. The fraction of sp³-hybridized carbons (Fsp3) is 0.227. The number of nitrogens with zero attached hydrogens (tertiary/aromatic N) is 5. The minimum Gasteiger partial charge on any atom is -0.378 e. The number of benzene rings is 1. The summed E-state index contributed by atoms with van der Waals surface area (Å²) in [5.74, 6) is -0.912. The van der Waals surface area contributed by atoms with Crippen molar-refractivity contribution in [2.45, 2.75) is 6.54 Å². The normalized spacial score (nSPS) is 15.2. The summed E-state index contributed by atoms with van der Waals surface area (Å²) in [6.45, 7) is 2.04. The zero-order valence-electron chi connectivity index (χ0n) is 16.8. The molecule has 2 aliphatic rings. The average Bonchev–Trinajstić information content (AvgIpc) is 3.46. The lowest BCUT2D eigenvalue weighted by atomic mass is 9.98. The topological polar surface area (TPSA) is 113 Å². The van der Waals surface area contributed by atoms with E-state index in [-0.39, 0.29) is 35.3 Å². The largest absolute Gasteiger partial charge is 0.378 e. The van der Waals surface area contributed by atoms with Crippen LogP contribution in [0, 0.1) is 17.1 Å². The van der Waals surface area contributed by atoms with Crippen molar-refractivity contribution in [2.75, 3.05) is 26.3 Å². The molecule has 0 radical (unpaired) electrons. The number of morpholine rings is 1. The fourth-order valence-electron chi connectivity index (χ4n) is 3.91. The first-order valence-electron chi connectivity index (χ1n) is 10.0. The van der Waals surface area contributed by atoms with Crippen LogP contribution in [0.25, 0.3) is 22.5 Å². The second kappa shape index (κ2) is 7.86. The minimum atomic E-state index is -0.590. The summed E-state index contributed by atoms with van der Waals surface area (Å²) in [7, 11) is 0. The third-order valence-electron chi connectivity index (χ3n) is 5.47. The Morgan fingerprint density at radius 2 is 2.00 bits per heavy atom. The van der Waals surface area contributed by atoms with Crippen molar-refractivity contribution in [3.05, 3.63) is 59.2 Å². The molecule has 5 rings (SSSR count). The molecule has 0 bridgehead atoms. The van der Waals surface area contributed by atoms with E-state index in [0.29, 0.717) is 48.8 Å². The van der Waals surface area contributed by atoms with Gasteiger partial charge in [-0.1, -0.05) is 6.07 Å². The van der Waals surface area contributed by atoms with Crippen molar-refractivity contribution in [3.63, 3.8) is 0 Å². The van der Waals surface area contributed by atoms with Crippen LogP contribution in [-0.2, 0) is 11.3 Å². The Kier molecular flexibility index (Phi) is 4.88. The number of aromatic nitrogens is 3. The van der Waals surface area contributed by atoms with Gasteiger partial charge in [0.05, 0.1) is 59.6 Å². The molecule has 2 aromatic heterocycles. The smallest absolute Gasteiger partial charge is 0.344 e. The van der Waals surface area contributed by atoms with Crippen LogP contribution in [0.15, 0.2) is 36.5 Å². The summed E-state index contributed by atoms with van der Waals surface area (Å²) in [6, 6.07) is 9.06. The zero-order chi connectivity index (χ0) is 22.2. The summed E-state index contributed by atoms with van der Waals surface area (Å²) in [5.41, 5.74) is 1.96. The Morgan fingerprint density at radius 1 is 1.19 bits per heavy atom. The quantitative estimate of drug-likeness (QED) is 0.664. The van der Waals surface area contributed by atoms with Crippen molar-refractivity contribution >= 4 is 11.9 Å². The molecular weight excluding hydrogens is 415 g/mol. The number of amides is 2. The van der Waals surface area contributed by atoms with Crippen molar-refractivity contribution < 1.29 is 18.7 Å². The lowest BCUT2D eigenvalue weighted by Crippen LogP contribution is -2.43. The van der Waals surface area contributed by atoms with Crippen LogP contribution in [0.1, 0.15) is 21.6 Å². The van der Waals surface area contributed by atoms with Crippen LogP contribution >= 0.6 is 0 Å². The number of nitriles is 1. The number of hydrogen-bond acceptors (Lipinski definition) is 6. The summed E-state index contributed by atoms with van der Waals surface area (Å²) < 4.78 is 21.1. The van der Waals surface area contributed by atoms with Crippen LogP contribution in [0.5, 0.6) is 0 Å². The Hall–Kier alpha value is -4.10. The molecule has 1 fully saturated rings. The van der Waals surface area contributed by atoms with Crippen LogP contribution in [0.3, 0.4) is 0 Å². The molecule has 0 aliphatic carbocycles. The Bertz CT molecular complexity index is 1290. The zero-order valence-corrected chi connectivity index (χ0v) is 16.8. The third kappa shape index (κ3) is 3.29. The number of carbonyl (C=O) groups is 2. The van der Waals surface area contributed by atoms with Crippen LogP contribution in [-0.4, -0.2) is 57.9 Å². The second-order valence-electron chi connectivity index (χ2n) is 7.36.